The van der Waals surface area contributed by atoms with E-state index in [0.29, 0.717) is 12.3 Å². The Morgan fingerprint density at radius 2 is 1.81 bits per heavy atom. The quantitative estimate of drug-likeness (QED) is 0.779. The SMILES string of the molecule is CN(C)CC(C)(C)CNC(=O)CC1CCCCC1N.Cl.Cl. The molecule has 1 aliphatic carbocycles. The molecule has 2 unspecified atom stereocenters. The highest BCUT2D eigenvalue weighted by atomic mass is 35.5. The van der Waals surface area contributed by atoms with Crippen molar-refractivity contribution in [1.82, 2.24) is 10.2 Å². The number of nitrogens with zero attached hydrogens (tertiary/aromatic N) is 1. The lowest BCUT2D eigenvalue weighted by Crippen LogP contribution is -2.42. The summed E-state index contributed by atoms with van der Waals surface area (Å²) in [6, 6.07) is 0.217. The fraction of sp³-hybridized carbons (Fsp3) is 0.933. The van der Waals surface area contributed by atoms with Gasteiger partial charge >= 0.3 is 0 Å². The van der Waals surface area contributed by atoms with Gasteiger partial charge in [0.15, 0.2) is 0 Å². The van der Waals surface area contributed by atoms with Crippen LogP contribution in [0.5, 0.6) is 0 Å². The number of hydrogen-bond acceptors (Lipinski definition) is 3. The fourth-order valence-corrected chi connectivity index (χ4v) is 3.05. The molecule has 128 valence electrons. The van der Waals surface area contributed by atoms with Crippen molar-refractivity contribution in [2.45, 2.75) is 52.0 Å². The molecule has 1 fully saturated rings. The molecule has 1 rings (SSSR count). The van der Waals surface area contributed by atoms with Gasteiger partial charge < -0.3 is 16.0 Å². The molecule has 21 heavy (non-hydrogen) atoms. The first-order chi connectivity index (χ1) is 8.80. The van der Waals surface area contributed by atoms with E-state index in [1.54, 1.807) is 0 Å². The Morgan fingerprint density at radius 1 is 1.24 bits per heavy atom. The number of carbonyl (C=O) groups is 1. The third kappa shape index (κ3) is 9.56. The zero-order valence-electron chi connectivity index (χ0n) is 13.9. The normalized spacial score (nSPS) is 22.2. The summed E-state index contributed by atoms with van der Waals surface area (Å²) >= 11 is 0. The highest BCUT2D eigenvalue weighted by Gasteiger charge is 2.25. The van der Waals surface area contributed by atoms with Crippen molar-refractivity contribution in [1.29, 1.82) is 0 Å². The van der Waals surface area contributed by atoms with Gasteiger partial charge in [0, 0.05) is 25.6 Å². The molecule has 0 aromatic heterocycles. The number of amides is 1. The third-order valence-corrected chi connectivity index (χ3v) is 3.92. The van der Waals surface area contributed by atoms with Crippen LogP contribution in [0.25, 0.3) is 0 Å². The van der Waals surface area contributed by atoms with Crippen LogP contribution in [-0.2, 0) is 4.79 Å². The summed E-state index contributed by atoms with van der Waals surface area (Å²) in [5.41, 5.74) is 6.19. The van der Waals surface area contributed by atoms with E-state index in [1.807, 2.05) is 0 Å². The molecule has 4 nitrogen and oxygen atoms in total. The van der Waals surface area contributed by atoms with Crippen molar-refractivity contribution in [3.05, 3.63) is 0 Å². The first-order valence-corrected chi connectivity index (χ1v) is 7.47. The van der Waals surface area contributed by atoms with Gasteiger partial charge in [0.1, 0.15) is 0 Å². The molecule has 2 atom stereocenters. The van der Waals surface area contributed by atoms with Crippen molar-refractivity contribution in [2.24, 2.45) is 17.1 Å². The van der Waals surface area contributed by atoms with Crippen LogP contribution in [0.4, 0.5) is 0 Å². The molecule has 0 aromatic rings. The standard InChI is InChI=1S/C15H31N3O.2ClH/c1-15(2,11-18(3)4)10-17-14(19)9-12-7-5-6-8-13(12)16;;/h12-13H,5-11,16H2,1-4H3,(H,17,19);2*1H. The van der Waals surface area contributed by atoms with Crippen LogP contribution in [0.3, 0.4) is 0 Å². The highest BCUT2D eigenvalue weighted by molar-refractivity contribution is 5.85. The van der Waals surface area contributed by atoms with Crippen LogP contribution >= 0.6 is 24.8 Å². The first-order valence-electron chi connectivity index (χ1n) is 7.47. The Balaban J connectivity index is 0. The Bertz CT molecular complexity index is 299. The van der Waals surface area contributed by atoms with Crippen LogP contribution in [-0.4, -0.2) is 44.0 Å². The van der Waals surface area contributed by atoms with E-state index in [2.05, 4.69) is 38.2 Å². The van der Waals surface area contributed by atoms with E-state index >= 15 is 0 Å². The number of nitrogens with two attached hydrogens (primary N) is 1. The minimum Gasteiger partial charge on any atom is -0.356 e. The van der Waals surface area contributed by atoms with E-state index in [1.165, 1.54) is 12.8 Å². The van der Waals surface area contributed by atoms with Gasteiger partial charge in [-0.25, -0.2) is 0 Å². The molecule has 3 N–H and O–H groups in total. The van der Waals surface area contributed by atoms with Crippen molar-refractivity contribution >= 4 is 30.7 Å². The lowest BCUT2D eigenvalue weighted by molar-refractivity contribution is -0.122. The van der Waals surface area contributed by atoms with Gasteiger partial charge in [-0.2, -0.15) is 0 Å². The summed E-state index contributed by atoms with van der Waals surface area (Å²) in [4.78, 5) is 14.2. The Labute approximate surface area is 142 Å². The summed E-state index contributed by atoms with van der Waals surface area (Å²) in [7, 11) is 4.12. The maximum absolute atomic E-state index is 12.0. The van der Waals surface area contributed by atoms with Crippen LogP contribution in [0.2, 0.25) is 0 Å². The molecule has 0 aliphatic heterocycles. The monoisotopic (exact) mass is 341 g/mol. The molecule has 0 bridgehead atoms. The Hall–Kier alpha value is -0.0300. The summed E-state index contributed by atoms with van der Waals surface area (Å²) in [5.74, 6) is 0.542. The van der Waals surface area contributed by atoms with Gasteiger partial charge in [-0.15, -0.1) is 24.8 Å². The zero-order valence-corrected chi connectivity index (χ0v) is 15.5. The number of rotatable bonds is 6. The first kappa shape index (κ1) is 23.2. The van der Waals surface area contributed by atoms with E-state index in [0.717, 1.165) is 25.9 Å². The molecular formula is C15H33Cl2N3O. The minimum absolute atomic E-state index is 0. The lowest BCUT2D eigenvalue weighted by atomic mass is 9.83. The van der Waals surface area contributed by atoms with Crippen LogP contribution in [0.1, 0.15) is 46.0 Å². The van der Waals surface area contributed by atoms with Gasteiger partial charge in [0.05, 0.1) is 0 Å². The maximum Gasteiger partial charge on any atom is 0.220 e. The molecule has 0 spiro atoms. The van der Waals surface area contributed by atoms with Gasteiger partial charge in [-0.3, -0.25) is 4.79 Å². The number of hydrogen-bond donors (Lipinski definition) is 2. The number of carbonyl (C=O) groups excluding carboxylic acids is 1. The predicted octanol–water partition coefficient (Wildman–Crippen LogP) is 2.44. The maximum atomic E-state index is 12.0. The van der Waals surface area contributed by atoms with Crippen LogP contribution < -0.4 is 11.1 Å². The summed E-state index contributed by atoms with van der Waals surface area (Å²) in [6.45, 7) is 6.06. The van der Waals surface area contributed by atoms with Crippen molar-refractivity contribution in [3.8, 4) is 0 Å². The van der Waals surface area contributed by atoms with Gasteiger partial charge in [0.2, 0.25) is 5.91 Å². The summed E-state index contributed by atoms with van der Waals surface area (Å²) < 4.78 is 0. The van der Waals surface area contributed by atoms with E-state index < -0.39 is 0 Å². The minimum atomic E-state index is 0. The van der Waals surface area contributed by atoms with Crippen molar-refractivity contribution < 1.29 is 4.79 Å². The van der Waals surface area contributed by atoms with E-state index in [4.69, 9.17) is 5.73 Å². The molecule has 0 saturated heterocycles. The Morgan fingerprint density at radius 3 is 2.33 bits per heavy atom. The molecule has 0 aromatic carbocycles. The molecule has 6 heteroatoms. The average molecular weight is 342 g/mol. The lowest BCUT2D eigenvalue weighted by Gasteiger charge is -2.30. The van der Waals surface area contributed by atoms with Crippen LogP contribution in [0.15, 0.2) is 0 Å². The zero-order chi connectivity index (χ0) is 14.5. The molecule has 0 heterocycles. The van der Waals surface area contributed by atoms with Gasteiger partial charge in [0.25, 0.3) is 0 Å². The van der Waals surface area contributed by atoms with Crippen LogP contribution in [0, 0.1) is 11.3 Å². The topological polar surface area (TPSA) is 58.4 Å². The molecule has 1 saturated carbocycles. The van der Waals surface area contributed by atoms with Gasteiger partial charge in [-0.05, 0) is 38.3 Å². The highest BCUT2D eigenvalue weighted by Crippen LogP contribution is 2.25. The third-order valence-electron chi connectivity index (χ3n) is 3.92. The number of halogens is 2. The predicted molar refractivity (Wildman–Crippen MR) is 94.4 cm³/mol. The fourth-order valence-electron chi connectivity index (χ4n) is 3.05. The van der Waals surface area contributed by atoms with Crippen molar-refractivity contribution in [3.63, 3.8) is 0 Å². The number of nitrogens with one attached hydrogen (secondary N) is 1. The second-order valence-corrected chi connectivity index (χ2v) is 7.09. The van der Waals surface area contributed by atoms with Gasteiger partial charge in [-0.1, -0.05) is 26.7 Å². The van der Waals surface area contributed by atoms with E-state index in [9.17, 15) is 4.79 Å². The summed E-state index contributed by atoms with van der Waals surface area (Å²) in [5, 5.41) is 3.07. The largest absolute Gasteiger partial charge is 0.356 e. The molecular weight excluding hydrogens is 309 g/mol. The van der Waals surface area contributed by atoms with E-state index in [-0.39, 0.29) is 42.2 Å². The Kier molecular flexibility index (Phi) is 11.8. The second-order valence-electron chi connectivity index (χ2n) is 7.09. The molecule has 1 aliphatic rings. The average Bonchev–Trinajstić information content (AvgIpc) is 2.28. The van der Waals surface area contributed by atoms with Crippen molar-refractivity contribution in [2.75, 3.05) is 27.2 Å². The smallest absolute Gasteiger partial charge is 0.220 e. The molecule has 0 radical (unpaired) electrons. The second kappa shape index (κ2) is 10.7. The molecule has 1 amide bonds. The summed E-state index contributed by atoms with van der Waals surface area (Å²) in [6.07, 6.45) is 5.21.